The van der Waals surface area contributed by atoms with E-state index in [0.717, 1.165) is 19.6 Å². The van der Waals surface area contributed by atoms with E-state index in [4.69, 9.17) is 0 Å². The van der Waals surface area contributed by atoms with Gasteiger partial charge < -0.3 is 9.80 Å². The molecule has 0 N–H and O–H groups in total. The second-order valence-corrected chi connectivity index (χ2v) is 5.38. The average molecular weight is 264 g/mol. The molecule has 1 aromatic carbocycles. The molecule has 0 aliphatic carbocycles. The average Bonchev–Trinajstić information content (AvgIpc) is 2.35. The van der Waals surface area contributed by atoms with Crippen LogP contribution in [0.3, 0.4) is 0 Å². The van der Waals surface area contributed by atoms with E-state index in [1.807, 2.05) is 14.0 Å². The third-order valence-electron chi connectivity index (χ3n) is 3.86. The summed E-state index contributed by atoms with van der Waals surface area (Å²) in [4.78, 5) is 16.4. The molecule has 0 bridgehead atoms. The van der Waals surface area contributed by atoms with Crippen molar-refractivity contribution >= 4 is 5.91 Å². The molecule has 0 aromatic heterocycles. The summed E-state index contributed by atoms with van der Waals surface area (Å²) < 4.78 is 13.2. The maximum atomic E-state index is 13.2. The lowest BCUT2D eigenvalue weighted by Crippen LogP contribution is -2.47. The van der Waals surface area contributed by atoms with E-state index in [9.17, 15) is 9.18 Å². The number of rotatable bonds is 4. The summed E-state index contributed by atoms with van der Waals surface area (Å²) in [5.41, 5.74) is 1.06. The normalized spacial score (nSPS) is 16.8. The van der Waals surface area contributed by atoms with Crippen molar-refractivity contribution in [2.45, 2.75) is 26.3 Å². The first-order chi connectivity index (χ1) is 8.99. The predicted molar refractivity (Wildman–Crippen MR) is 73.7 cm³/mol. The summed E-state index contributed by atoms with van der Waals surface area (Å²) in [6.07, 6.45) is 1.25. The van der Waals surface area contributed by atoms with Gasteiger partial charge in [0.25, 0.3) is 5.91 Å². The molecular formula is C15H21FN2O. The number of halogens is 1. The molecule has 0 saturated carbocycles. The van der Waals surface area contributed by atoms with Gasteiger partial charge in [-0.15, -0.1) is 0 Å². The molecule has 1 aliphatic heterocycles. The topological polar surface area (TPSA) is 23.6 Å². The first-order valence-corrected chi connectivity index (χ1v) is 6.74. The maximum Gasteiger partial charge on any atom is 0.253 e. The molecule has 1 aliphatic rings. The van der Waals surface area contributed by atoms with E-state index in [2.05, 4.69) is 4.90 Å². The van der Waals surface area contributed by atoms with Gasteiger partial charge in [-0.05, 0) is 57.1 Å². The lowest BCUT2D eigenvalue weighted by atomic mass is 10.1. The van der Waals surface area contributed by atoms with E-state index in [-0.39, 0.29) is 17.8 Å². The van der Waals surface area contributed by atoms with Crippen molar-refractivity contribution in [1.82, 2.24) is 9.80 Å². The van der Waals surface area contributed by atoms with Crippen LogP contribution in [0.15, 0.2) is 18.2 Å². The Hall–Kier alpha value is -1.42. The van der Waals surface area contributed by atoms with Gasteiger partial charge in [0.05, 0.1) is 0 Å². The predicted octanol–water partition coefficient (Wildman–Crippen LogP) is 2.30. The van der Waals surface area contributed by atoms with E-state index in [0.29, 0.717) is 11.1 Å². The van der Waals surface area contributed by atoms with Crippen LogP contribution in [0.25, 0.3) is 0 Å². The smallest absolute Gasteiger partial charge is 0.253 e. The number of carbonyl (C=O) groups is 1. The summed E-state index contributed by atoms with van der Waals surface area (Å²) in [6.45, 7) is 6.88. The molecule has 1 aromatic rings. The van der Waals surface area contributed by atoms with Crippen LogP contribution >= 0.6 is 0 Å². The highest BCUT2D eigenvalue weighted by molar-refractivity contribution is 5.94. The Morgan fingerprint density at radius 2 is 2.16 bits per heavy atom. The third kappa shape index (κ3) is 3.13. The summed E-state index contributed by atoms with van der Waals surface area (Å²) >= 11 is 0. The summed E-state index contributed by atoms with van der Waals surface area (Å²) in [6, 6.07) is 4.69. The van der Waals surface area contributed by atoms with Gasteiger partial charge in [0.15, 0.2) is 0 Å². The van der Waals surface area contributed by atoms with Crippen LogP contribution in [-0.4, -0.2) is 48.4 Å². The van der Waals surface area contributed by atoms with Gasteiger partial charge in [-0.2, -0.15) is 0 Å². The molecule has 0 unspecified atom stereocenters. The monoisotopic (exact) mass is 264 g/mol. The highest BCUT2D eigenvalue weighted by atomic mass is 19.1. The van der Waals surface area contributed by atoms with E-state index >= 15 is 0 Å². The van der Waals surface area contributed by atoms with Crippen molar-refractivity contribution in [1.29, 1.82) is 0 Å². The van der Waals surface area contributed by atoms with Gasteiger partial charge in [0.1, 0.15) is 5.82 Å². The van der Waals surface area contributed by atoms with Gasteiger partial charge in [0, 0.05) is 25.2 Å². The highest BCUT2D eigenvalue weighted by Gasteiger charge is 2.22. The molecule has 1 fully saturated rings. The Morgan fingerprint density at radius 3 is 2.68 bits per heavy atom. The van der Waals surface area contributed by atoms with Gasteiger partial charge in [-0.25, -0.2) is 4.39 Å². The van der Waals surface area contributed by atoms with Crippen molar-refractivity contribution in [3.05, 3.63) is 35.1 Å². The minimum Gasteiger partial charge on any atom is -0.338 e. The minimum atomic E-state index is -0.271. The molecule has 1 saturated heterocycles. The van der Waals surface area contributed by atoms with Crippen molar-refractivity contribution in [2.24, 2.45) is 0 Å². The minimum absolute atomic E-state index is 0.0453. The summed E-state index contributed by atoms with van der Waals surface area (Å²) in [5, 5.41) is 0. The fourth-order valence-corrected chi connectivity index (χ4v) is 2.24. The van der Waals surface area contributed by atoms with Crippen LogP contribution in [0.2, 0.25) is 0 Å². The van der Waals surface area contributed by atoms with Crippen LogP contribution in [0.1, 0.15) is 29.3 Å². The number of hydrogen-bond donors (Lipinski definition) is 0. The largest absolute Gasteiger partial charge is 0.338 e. The zero-order valence-corrected chi connectivity index (χ0v) is 11.8. The van der Waals surface area contributed by atoms with E-state index in [1.165, 1.54) is 12.5 Å². The Balaban J connectivity index is 2.02. The molecule has 1 heterocycles. The molecule has 19 heavy (non-hydrogen) atoms. The number of nitrogens with zero attached hydrogens (tertiary/aromatic N) is 2. The first-order valence-electron chi connectivity index (χ1n) is 6.74. The quantitative estimate of drug-likeness (QED) is 0.833. The summed E-state index contributed by atoms with van der Waals surface area (Å²) in [5.74, 6) is -0.316. The van der Waals surface area contributed by atoms with E-state index < -0.39 is 0 Å². The molecular weight excluding hydrogens is 243 g/mol. The molecule has 4 heteroatoms. The van der Waals surface area contributed by atoms with Gasteiger partial charge in [-0.1, -0.05) is 0 Å². The van der Waals surface area contributed by atoms with Crippen LogP contribution in [-0.2, 0) is 0 Å². The molecule has 1 atom stereocenters. The van der Waals surface area contributed by atoms with Gasteiger partial charge in [0.2, 0.25) is 0 Å². The molecule has 1 amide bonds. The van der Waals surface area contributed by atoms with E-state index in [1.54, 1.807) is 24.0 Å². The molecule has 0 spiro atoms. The second kappa shape index (κ2) is 5.70. The van der Waals surface area contributed by atoms with Crippen molar-refractivity contribution < 1.29 is 9.18 Å². The zero-order chi connectivity index (χ0) is 14.0. The fourth-order valence-electron chi connectivity index (χ4n) is 2.24. The van der Waals surface area contributed by atoms with Crippen LogP contribution in [0.5, 0.6) is 0 Å². The van der Waals surface area contributed by atoms with Gasteiger partial charge in [-0.3, -0.25) is 4.79 Å². The Bertz CT molecular complexity index is 471. The fraction of sp³-hybridized carbons (Fsp3) is 0.533. The van der Waals surface area contributed by atoms with Crippen molar-refractivity contribution in [2.75, 3.05) is 26.7 Å². The van der Waals surface area contributed by atoms with Crippen LogP contribution in [0, 0.1) is 12.7 Å². The maximum absolute atomic E-state index is 13.2. The number of carbonyl (C=O) groups excluding carboxylic acids is 1. The number of aryl methyl sites for hydroxylation is 1. The molecule has 3 nitrogen and oxygen atoms in total. The zero-order valence-electron chi connectivity index (χ0n) is 11.8. The number of likely N-dealkylation sites (tertiary alicyclic amines) is 1. The Labute approximate surface area is 114 Å². The summed E-state index contributed by atoms with van der Waals surface area (Å²) in [7, 11) is 1.81. The number of hydrogen-bond acceptors (Lipinski definition) is 2. The Kier molecular flexibility index (Phi) is 4.20. The van der Waals surface area contributed by atoms with Gasteiger partial charge >= 0.3 is 0 Å². The molecule has 0 radical (unpaired) electrons. The lowest BCUT2D eigenvalue weighted by Gasteiger charge is -2.36. The molecule has 104 valence electrons. The Morgan fingerprint density at radius 1 is 1.47 bits per heavy atom. The second-order valence-electron chi connectivity index (χ2n) is 5.38. The number of benzene rings is 1. The highest BCUT2D eigenvalue weighted by Crippen LogP contribution is 2.14. The van der Waals surface area contributed by atoms with Crippen molar-refractivity contribution in [3.63, 3.8) is 0 Å². The van der Waals surface area contributed by atoms with Crippen LogP contribution in [0.4, 0.5) is 4.39 Å². The standard InChI is InChI=1S/C15H21FN2O/c1-11-9-13(5-6-14(11)16)15(19)17(3)12(2)10-18-7-4-8-18/h5-6,9,12H,4,7-8,10H2,1-3H3/t12-/m0/s1. The lowest BCUT2D eigenvalue weighted by molar-refractivity contribution is 0.0665. The van der Waals surface area contributed by atoms with Crippen LogP contribution < -0.4 is 0 Å². The SMILES string of the molecule is Cc1cc(C(=O)N(C)[C@@H](C)CN2CCC2)ccc1F. The number of amides is 1. The first kappa shape index (κ1) is 14.0. The third-order valence-corrected chi connectivity index (χ3v) is 3.86. The number of likely N-dealkylation sites (N-methyl/N-ethyl adjacent to an activating group) is 1. The van der Waals surface area contributed by atoms with Crippen molar-refractivity contribution in [3.8, 4) is 0 Å². The molecule has 2 rings (SSSR count).